The minimum Gasteiger partial charge on any atom is -0.435 e. The third-order valence-electron chi connectivity index (χ3n) is 3.70. The minimum atomic E-state index is -0.415. The Bertz CT molecular complexity index is 844. The van der Waals surface area contributed by atoms with Crippen LogP contribution in [0.5, 0.6) is 0 Å². The first-order chi connectivity index (χ1) is 10.2. The van der Waals surface area contributed by atoms with E-state index in [-0.39, 0.29) is 5.02 Å². The Balaban J connectivity index is 1.84. The Hall–Kier alpha value is -2.07. The molecule has 0 radical (unpaired) electrons. The van der Waals surface area contributed by atoms with E-state index < -0.39 is 5.82 Å². The van der Waals surface area contributed by atoms with Crippen molar-refractivity contribution < 1.29 is 8.81 Å². The topological polar surface area (TPSA) is 38.1 Å². The number of aromatic nitrogens is 1. The molecule has 0 aliphatic carbocycles. The van der Waals surface area contributed by atoms with Gasteiger partial charge in [-0.05, 0) is 42.7 Å². The Morgan fingerprint density at radius 3 is 3.05 bits per heavy atom. The number of benzene rings is 2. The maximum Gasteiger partial charge on any atom is 0.227 e. The largest absolute Gasteiger partial charge is 0.435 e. The molecule has 1 aliphatic heterocycles. The lowest BCUT2D eigenvalue weighted by atomic mass is 10.0. The van der Waals surface area contributed by atoms with Crippen LogP contribution in [-0.2, 0) is 6.42 Å². The number of hydrogen-bond acceptors (Lipinski definition) is 3. The van der Waals surface area contributed by atoms with Gasteiger partial charge in [-0.3, -0.25) is 0 Å². The summed E-state index contributed by atoms with van der Waals surface area (Å²) in [4.78, 5) is 4.34. The summed E-state index contributed by atoms with van der Waals surface area (Å²) >= 11 is 5.99. The summed E-state index contributed by atoms with van der Waals surface area (Å²) in [6.07, 6.45) is 2.15. The third kappa shape index (κ3) is 2.16. The van der Waals surface area contributed by atoms with Crippen LogP contribution in [0.25, 0.3) is 22.6 Å². The summed E-state index contributed by atoms with van der Waals surface area (Å²) in [5, 5.41) is 3.60. The van der Waals surface area contributed by atoms with E-state index in [1.54, 1.807) is 0 Å². The molecule has 1 aliphatic rings. The zero-order chi connectivity index (χ0) is 14.4. The summed E-state index contributed by atoms with van der Waals surface area (Å²) in [6.45, 7) is 1.00. The highest BCUT2D eigenvalue weighted by molar-refractivity contribution is 6.34. The number of nitrogens with one attached hydrogen (secondary N) is 1. The van der Waals surface area contributed by atoms with Crippen molar-refractivity contribution in [3.8, 4) is 11.5 Å². The SMILES string of the molecule is Fc1cc(Cl)c2oc(-c3ccc4c(c3)CCCN4)nc2c1. The second kappa shape index (κ2) is 4.74. The normalized spacial score (nSPS) is 14.0. The first-order valence-electron chi connectivity index (χ1n) is 6.83. The van der Waals surface area contributed by atoms with Crippen LogP contribution in [0.3, 0.4) is 0 Å². The van der Waals surface area contributed by atoms with Gasteiger partial charge in [0.15, 0.2) is 5.58 Å². The molecule has 0 amide bonds. The summed E-state index contributed by atoms with van der Waals surface area (Å²) in [5.74, 6) is 0.0489. The van der Waals surface area contributed by atoms with E-state index in [0.717, 1.165) is 30.6 Å². The zero-order valence-electron chi connectivity index (χ0n) is 11.1. The van der Waals surface area contributed by atoms with Crippen molar-refractivity contribution in [1.29, 1.82) is 0 Å². The Morgan fingerprint density at radius 2 is 2.14 bits per heavy atom. The number of anilines is 1. The molecule has 0 atom stereocenters. The van der Waals surface area contributed by atoms with Gasteiger partial charge >= 0.3 is 0 Å². The van der Waals surface area contributed by atoms with Gasteiger partial charge < -0.3 is 9.73 Å². The Kier molecular flexibility index (Phi) is 2.86. The van der Waals surface area contributed by atoms with E-state index in [9.17, 15) is 4.39 Å². The maximum absolute atomic E-state index is 13.4. The summed E-state index contributed by atoms with van der Waals surface area (Å²) in [5.41, 5.74) is 4.14. The van der Waals surface area contributed by atoms with E-state index in [2.05, 4.69) is 16.4 Å². The highest BCUT2D eigenvalue weighted by Gasteiger charge is 2.15. The van der Waals surface area contributed by atoms with Gasteiger partial charge in [-0.1, -0.05) is 11.6 Å². The standard InChI is InChI=1S/C16H12ClFN2O/c17-12-7-11(18)8-14-15(12)21-16(20-14)10-3-4-13-9(6-10)2-1-5-19-13/h3-4,6-8,19H,1-2,5H2. The summed E-state index contributed by atoms with van der Waals surface area (Å²) < 4.78 is 19.1. The fourth-order valence-electron chi connectivity index (χ4n) is 2.69. The molecule has 21 heavy (non-hydrogen) atoms. The Morgan fingerprint density at radius 1 is 1.24 bits per heavy atom. The predicted molar refractivity (Wildman–Crippen MR) is 81.2 cm³/mol. The van der Waals surface area contributed by atoms with Crippen LogP contribution in [0.1, 0.15) is 12.0 Å². The molecule has 0 saturated heterocycles. The van der Waals surface area contributed by atoms with E-state index in [4.69, 9.17) is 16.0 Å². The molecule has 0 fully saturated rings. The van der Waals surface area contributed by atoms with Crippen molar-refractivity contribution in [2.45, 2.75) is 12.8 Å². The van der Waals surface area contributed by atoms with Crippen LogP contribution in [-0.4, -0.2) is 11.5 Å². The second-order valence-electron chi connectivity index (χ2n) is 5.16. The number of hydrogen-bond donors (Lipinski definition) is 1. The van der Waals surface area contributed by atoms with E-state index in [1.165, 1.54) is 17.7 Å². The molecule has 106 valence electrons. The molecule has 1 N–H and O–H groups in total. The number of rotatable bonds is 1. The van der Waals surface area contributed by atoms with Gasteiger partial charge in [-0.25, -0.2) is 9.37 Å². The van der Waals surface area contributed by atoms with Crippen LogP contribution in [0, 0.1) is 5.82 Å². The first-order valence-corrected chi connectivity index (χ1v) is 7.21. The lowest BCUT2D eigenvalue weighted by Gasteiger charge is -2.17. The Labute approximate surface area is 125 Å². The van der Waals surface area contributed by atoms with E-state index in [0.29, 0.717) is 17.0 Å². The molecular formula is C16H12ClFN2O. The highest BCUT2D eigenvalue weighted by atomic mass is 35.5. The van der Waals surface area contributed by atoms with Gasteiger partial charge in [0, 0.05) is 23.9 Å². The number of fused-ring (bicyclic) bond motifs is 2. The average molecular weight is 303 g/mol. The first kappa shape index (κ1) is 12.7. The van der Waals surface area contributed by atoms with Gasteiger partial charge in [0.05, 0.1) is 5.02 Å². The molecule has 2 heterocycles. The molecule has 0 saturated carbocycles. The minimum absolute atomic E-state index is 0.239. The molecule has 0 spiro atoms. The molecule has 3 nitrogen and oxygen atoms in total. The monoisotopic (exact) mass is 302 g/mol. The molecule has 3 aromatic rings. The fraction of sp³-hybridized carbons (Fsp3) is 0.188. The molecule has 0 unspecified atom stereocenters. The average Bonchev–Trinajstić information content (AvgIpc) is 2.91. The van der Waals surface area contributed by atoms with Crippen molar-refractivity contribution in [1.82, 2.24) is 4.98 Å². The van der Waals surface area contributed by atoms with Gasteiger partial charge in [0.2, 0.25) is 5.89 Å². The third-order valence-corrected chi connectivity index (χ3v) is 3.98. The summed E-state index contributed by atoms with van der Waals surface area (Å²) in [7, 11) is 0. The lowest BCUT2D eigenvalue weighted by molar-refractivity contribution is 0.614. The maximum atomic E-state index is 13.4. The van der Waals surface area contributed by atoms with Gasteiger partial charge in [-0.15, -0.1) is 0 Å². The molecule has 5 heteroatoms. The van der Waals surface area contributed by atoms with Crippen molar-refractivity contribution in [3.63, 3.8) is 0 Å². The van der Waals surface area contributed by atoms with Gasteiger partial charge in [0.25, 0.3) is 0 Å². The van der Waals surface area contributed by atoms with Crippen LogP contribution < -0.4 is 5.32 Å². The van der Waals surface area contributed by atoms with Crippen LogP contribution in [0.2, 0.25) is 5.02 Å². The number of aryl methyl sites for hydroxylation is 1. The van der Waals surface area contributed by atoms with Crippen molar-refractivity contribution in [2.75, 3.05) is 11.9 Å². The van der Waals surface area contributed by atoms with E-state index >= 15 is 0 Å². The predicted octanol–water partition coefficient (Wildman–Crippen LogP) is 4.65. The van der Waals surface area contributed by atoms with Gasteiger partial charge in [0.1, 0.15) is 11.3 Å². The second-order valence-corrected chi connectivity index (χ2v) is 5.56. The van der Waals surface area contributed by atoms with Crippen molar-refractivity contribution >= 4 is 28.4 Å². The number of halogens is 2. The van der Waals surface area contributed by atoms with Crippen LogP contribution in [0.15, 0.2) is 34.7 Å². The van der Waals surface area contributed by atoms with Crippen molar-refractivity contribution in [2.24, 2.45) is 0 Å². The smallest absolute Gasteiger partial charge is 0.227 e. The highest BCUT2D eigenvalue weighted by Crippen LogP contribution is 2.32. The summed E-state index contributed by atoms with van der Waals surface area (Å²) in [6, 6.07) is 8.60. The lowest BCUT2D eigenvalue weighted by Crippen LogP contribution is -2.11. The van der Waals surface area contributed by atoms with Crippen LogP contribution >= 0.6 is 11.6 Å². The number of nitrogens with zero attached hydrogens (tertiary/aromatic N) is 1. The molecule has 4 rings (SSSR count). The number of oxazole rings is 1. The molecule has 2 aromatic carbocycles. The molecule has 0 bridgehead atoms. The van der Waals surface area contributed by atoms with Crippen molar-refractivity contribution in [3.05, 3.63) is 46.7 Å². The fourth-order valence-corrected chi connectivity index (χ4v) is 2.93. The quantitative estimate of drug-likeness (QED) is 0.711. The zero-order valence-corrected chi connectivity index (χ0v) is 11.9. The van der Waals surface area contributed by atoms with Crippen LogP contribution in [0.4, 0.5) is 10.1 Å². The molecular weight excluding hydrogens is 291 g/mol. The molecule has 1 aromatic heterocycles. The van der Waals surface area contributed by atoms with E-state index in [1.807, 2.05) is 12.1 Å². The van der Waals surface area contributed by atoms with Gasteiger partial charge in [-0.2, -0.15) is 0 Å².